The first-order chi connectivity index (χ1) is 9.04. The topological polar surface area (TPSA) is 44.3 Å². The lowest BCUT2D eigenvalue weighted by molar-refractivity contribution is 0.169. The van der Waals surface area contributed by atoms with E-state index in [2.05, 4.69) is 68.8 Å². The molecule has 6 heteroatoms. The van der Waals surface area contributed by atoms with Gasteiger partial charge in [0.1, 0.15) is 22.4 Å². The zero-order chi connectivity index (χ0) is 14.0. The molecule has 0 aliphatic carbocycles. The van der Waals surface area contributed by atoms with Crippen molar-refractivity contribution in [1.29, 1.82) is 0 Å². The maximum atomic E-state index is 4.45. The second-order valence-electron chi connectivity index (χ2n) is 5.16. The fourth-order valence-corrected chi connectivity index (χ4v) is 3.04. The molecule has 1 aliphatic rings. The molecule has 19 heavy (non-hydrogen) atoms. The molecule has 106 valence electrons. The first kappa shape index (κ1) is 14.5. The van der Waals surface area contributed by atoms with Gasteiger partial charge in [0, 0.05) is 31.7 Å². The molecule has 2 heterocycles. The van der Waals surface area contributed by atoms with Gasteiger partial charge in [-0.2, -0.15) is 0 Å². The highest BCUT2D eigenvalue weighted by molar-refractivity contribution is 9.10. The van der Waals surface area contributed by atoms with E-state index >= 15 is 0 Å². The van der Waals surface area contributed by atoms with Crippen LogP contribution in [0.3, 0.4) is 0 Å². The lowest BCUT2D eigenvalue weighted by Crippen LogP contribution is -2.55. The molecule has 0 bridgehead atoms. The van der Waals surface area contributed by atoms with Crippen molar-refractivity contribution in [2.75, 3.05) is 36.9 Å². The van der Waals surface area contributed by atoms with Crippen LogP contribution in [0.5, 0.6) is 0 Å². The number of rotatable bonds is 3. The summed E-state index contributed by atoms with van der Waals surface area (Å²) in [5, 5.41) is 3.25. The van der Waals surface area contributed by atoms with Gasteiger partial charge in [0.05, 0.1) is 0 Å². The van der Waals surface area contributed by atoms with Crippen LogP contribution >= 0.6 is 15.9 Å². The molecule has 1 saturated heterocycles. The number of likely N-dealkylation sites (N-methyl/N-ethyl adjacent to an activating group) is 1. The maximum absolute atomic E-state index is 4.45. The summed E-state index contributed by atoms with van der Waals surface area (Å²) in [5.41, 5.74) is 0. The maximum Gasteiger partial charge on any atom is 0.148 e. The highest BCUT2D eigenvalue weighted by Gasteiger charge is 2.28. The summed E-state index contributed by atoms with van der Waals surface area (Å²) in [5.74, 6) is 1.85. The van der Waals surface area contributed by atoms with Gasteiger partial charge in [0.2, 0.25) is 0 Å². The average molecular weight is 328 g/mol. The molecule has 0 spiro atoms. The molecular formula is C13H22BrN5. The monoisotopic (exact) mass is 327 g/mol. The molecule has 0 aromatic carbocycles. The smallest absolute Gasteiger partial charge is 0.148 e. The second-order valence-corrected chi connectivity index (χ2v) is 5.95. The van der Waals surface area contributed by atoms with Crippen LogP contribution < -0.4 is 10.2 Å². The Hall–Kier alpha value is -0.880. The molecule has 1 fully saturated rings. The summed E-state index contributed by atoms with van der Waals surface area (Å²) in [7, 11) is 2.19. The summed E-state index contributed by atoms with van der Waals surface area (Å²) in [6, 6.07) is 1.04. The third kappa shape index (κ3) is 3.00. The molecule has 0 saturated carbocycles. The summed E-state index contributed by atoms with van der Waals surface area (Å²) < 4.78 is 0.959. The van der Waals surface area contributed by atoms with Gasteiger partial charge in [-0.25, -0.2) is 9.97 Å². The van der Waals surface area contributed by atoms with E-state index in [1.807, 2.05) is 0 Å². The largest absolute Gasteiger partial charge is 0.369 e. The highest BCUT2D eigenvalue weighted by atomic mass is 79.9. The third-order valence-electron chi connectivity index (χ3n) is 3.77. The van der Waals surface area contributed by atoms with E-state index in [1.54, 1.807) is 6.33 Å². The zero-order valence-corrected chi connectivity index (χ0v) is 13.6. The van der Waals surface area contributed by atoms with Crippen LogP contribution in [-0.4, -0.2) is 53.6 Å². The van der Waals surface area contributed by atoms with Gasteiger partial charge in [-0.1, -0.05) is 0 Å². The summed E-state index contributed by atoms with van der Waals surface area (Å²) in [6.45, 7) is 9.40. The van der Waals surface area contributed by atoms with Crippen LogP contribution in [0.25, 0.3) is 0 Å². The molecular weight excluding hydrogens is 306 g/mol. The lowest BCUT2D eigenvalue weighted by Gasteiger charge is -2.43. The first-order valence-electron chi connectivity index (χ1n) is 6.75. The van der Waals surface area contributed by atoms with Crippen molar-refractivity contribution in [3.8, 4) is 0 Å². The van der Waals surface area contributed by atoms with Gasteiger partial charge in [-0.3, -0.25) is 4.90 Å². The van der Waals surface area contributed by atoms with E-state index in [-0.39, 0.29) is 0 Å². The summed E-state index contributed by atoms with van der Waals surface area (Å²) in [4.78, 5) is 13.5. The van der Waals surface area contributed by atoms with Gasteiger partial charge < -0.3 is 10.2 Å². The molecule has 1 aliphatic heterocycles. The molecule has 2 rings (SSSR count). The number of aromatic nitrogens is 2. The number of piperazine rings is 1. The molecule has 1 aromatic rings. The molecule has 2 atom stereocenters. The third-order valence-corrected chi connectivity index (χ3v) is 4.50. The second kappa shape index (κ2) is 6.05. The average Bonchev–Trinajstić information content (AvgIpc) is 2.38. The Kier molecular flexibility index (Phi) is 4.62. The van der Waals surface area contributed by atoms with E-state index in [0.29, 0.717) is 12.1 Å². The van der Waals surface area contributed by atoms with Crippen molar-refractivity contribution in [3.63, 3.8) is 0 Å². The minimum Gasteiger partial charge on any atom is -0.369 e. The number of hydrogen-bond acceptors (Lipinski definition) is 5. The Labute approximate surface area is 123 Å². The van der Waals surface area contributed by atoms with E-state index in [1.165, 1.54) is 0 Å². The Morgan fingerprint density at radius 1 is 1.32 bits per heavy atom. The Balaban J connectivity index is 2.24. The lowest BCUT2D eigenvalue weighted by atomic mass is 10.1. The van der Waals surface area contributed by atoms with Crippen LogP contribution in [0.2, 0.25) is 0 Å². The van der Waals surface area contributed by atoms with E-state index in [4.69, 9.17) is 0 Å². The Bertz CT molecular complexity index is 427. The number of nitrogens with zero attached hydrogens (tertiary/aromatic N) is 4. The van der Waals surface area contributed by atoms with Crippen LogP contribution in [0.15, 0.2) is 10.8 Å². The minimum atomic E-state index is 0.521. The SMILES string of the molecule is CCNc1ncnc(N2CC(C)N(C)C(C)C2)c1Br. The number of halogens is 1. The standard InChI is InChI=1S/C13H22BrN5/c1-5-15-12-11(14)13(17-8-16-12)19-6-9(2)18(4)10(3)7-19/h8-10H,5-7H2,1-4H3,(H,15,16,17). The van der Waals surface area contributed by atoms with Gasteiger partial charge in [0.25, 0.3) is 0 Å². The molecule has 0 radical (unpaired) electrons. The van der Waals surface area contributed by atoms with Crippen molar-refractivity contribution in [3.05, 3.63) is 10.8 Å². The molecule has 1 aromatic heterocycles. The first-order valence-corrected chi connectivity index (χ1v) is 7.55. The fourth-order valence-electron chi connectivity index (χ4n) is 2.45. The Morgan fingerprint density at radius 3 is 2.53 bits per heavy atom. The van der Waals surface area contributed by atoms with Crippen molar-refractivity contribution in [2.24, 2.45) is 0 Å². The van der Waals surface area contributed by atoms with E-state index in [9.17, 15) is 0 Å². The van der Waals surface area contributed by atoms with Gasteiger partial charge in [-0.15, -0.1) is 0 Å². The van der Waals surface area contributed by atoms with Gasteiger partial charge in [0.15, 0.2) is 0 Å². The molecule has 2 unspecified atom stereocenters. The number of nitrogens with one attached hydrogen (secondary N) is 1. The zero-order valence-electron chi connectivity index (χ0n) is 12.0. The Morgan fingerprint density at radius 2 is 1.95 bits per heavy atom. The minimum absolute atomic E-state index is 0.521. The van der Waals surface area contributed by atoms with Crippen molar-refractivity contribution in [1.82, 2.24) is 14.9 Å². The van der Waals surface area contributed by atoms with Crippen LogP contribution in [-0.2, 0) is 0 Å². The van der Waals surface area contributed by atoms with Crippen LogP contribution in [0.4, 0.5) is 11.6 Å². The van der Waals surface area contributed by atoms with Gasteiger partial charge in [-0.05, 0) is 43.7 Å². The van der Waals surface area contributed by atoms with E-state index < -0.39 is 0 Å². The normalized spacial score (nSPS) is 24.6. The number of anilines is 2. The molecule has 1 N–H and O–H groups in total. The highest BCUT2D eigenvalue weighted by Crippen LogP contribution is 2.31. The van der Waals surface area contributed by atoms with Crippen molar-refractivity contribution >= 4 is 27.6 Å². The van der Waals surface area contributed by atoms with Crippen LogP contribution in [0.1, 0.15) is 20.8 Å². The number of hydrogen-bond donors (Lipinski definition) is 1. The predicted molar refractivity (Wildman–Crippen MR) is 82.8 cm³/mol. The summed E-state index contributed by atoms with van der Waals surface area (Å²) >= 11 is 3.63. The summed E-state index contributed by atoms with van der Waals surface area (Å²) in [6.07, 6.45) is 1.63. The van der Waals surface area contributed by atoms with E-state index in [0.717, 1.165) is 35.7 Å². The van der Waals surface area contributed by atoms with Crippen LogP contribution in [0, 0.1) is 0 Å². The van der Waals surface area contributed by atoms with Crippen molar-refractivity contribution in [2.45, 2.75) is 32.9 Å². The fraction of sp³-hybridized carbons (Fsp3) is 0.692. The quantitative estimate of drug-likeness (QED) is 0.922. The predicted octanol–water partition coefficient (Wildman–Crippen LogP) is 2.20. The molecule has 0 amide bonds. The van der Waals surface area contributed by atoms with Crippen molar-refractivity contribution < 1.29 is 0 Å². The molecule has 5 nitrogen and oxygen atoms in total. The van der Waals surface area contributed by atoms with Gasteiger partial charge >= 0.3 is 0 Å².